The van der Waals surface area contributed by atoms with E-state index in [1.54, 1.807) is 30.3 Å². The number of halogens is 2. The van der Waals surface area contributed by atoms with Gasteiger partial charge in [-0.25, -0.2) is 13.6 Å². The van der Waals surface area contributed by atoms with Crippen LogP contribution in [-0.2, 0) is 17.9 Å². The molecule has 132 valence electrons. The standard InChI is InChI=1S/C18H19F2N3O2/c1-23(12-14-4-2-3-5-16(14)20)17(24)11-22-18(25)21-10-13-6-8-15(19)9-7-13/h2-9H,10-12H2,1H3,(H2,21,22,25). The number of urea groups is 1. The van der Waals surface area contributed by atoms with Crippen molar-refractivity contribution in [2.45, 2.75) is 13.1 Å². The van der Waals surface area contributed by atoms with E-state index >= 15 is 0 Å². The highest BCUT2D eigenvalue weighted by Crippen LogP contribution is 2.08. The minimum atomic E-state index is -0.517. The predicted octanol–water partition coefficient (Wildman–Crippen LogP) is 2.42. The Balaban J connectivity index is 1.74. The van der Waals surface area contributed by atoms with Gasteiger partial charge in [0, 0.05) is 25.7 Å². The van der Waals surface area contributed by atoms with E-state index in [0.29, 0.717) is 5.56 Å². The first-order valence-corrected chi connectivity index (χ1v) is 7.69. The van der Waals surface area contributed by atoms with Gasteiger partial charge in [0.1, 0.15) is 11.6 Å². The van der Waals surface area contributed by atoms with Crippen LogP contribution in [0.4, 0.5) is 13.6 Å². The summed E-state index contributed by atoms with van der Waals surface area (Å²) in [5.74, 6) is -1.08. The van der Waals surface area contributed by atoms with Gasteiger partial charge in [-0.1, -0.05) is 30.3 Å². The summed E-state index contributed by atoms with van der Waals surface area (Å²) in [6.07, 6.45) is 0. The van der Waals surface area contributed by atoms with E-state index in [-0.39, 0.29) is 37.2 Å². The number of rotatable bonds is 6. The van der Waals surface area contributed by atoms with Crippen LogP contribution in [0.3, 0.4) is 0 Å². The highest BCUT2D eigenvalue weighted by molar-refractivity contribution is 5.83. The molecule has 0 aliphatic rings. The minimum absolute atomic E-state index is 0.115. The monoisotopic (exact) mass is 347 g/mol. The van der Waals surface area contributed by atoms with Gasteiger partial charge in [0.2, 0.25) is 5.91 Å². The zero-order valence-electron chi connectivity index (χ0n) is 13.8. The van der Waals surface area contributed by atoms with Crippen LogP contribution in [0.2, 0.25) is 0 Å². The number of nitrogens with zero attached hydrogens (tertiary/aromatic N) is 1. The lowest BCUT2D eigenvalue weighted by atomic mass is 10.2. The van der Waals surface area contributed by atoms with Crippen molar-refractivity contribution in [3.63, 3.8) is 0 Å². The molecule has 0 atom stereocenters. The summed E-state index contributed by atoms with van der Waals surface area (Å²) in [6.45, 7) is 0.121. The molecule has 2 rings (SSSR count). The third kappa shape index (κ3) is 5.87. The molecule has 0 radical (unpaired) electrons. The second kappa shape index (κ2) is 8.77. The number of nitrogens with one attached hydrogen (secondary N) is 2. The largest absolute Gasteiger partial charge is 0.340 e. The van der Waals surface area contributed by atoms with Gasteiger partial charge in [-0.3, -0.25) is 4.79 Å². The van der Waals surface area contributed by atoms with Crippen molar-refractivity contribution in [1.29, 1.82) is 0 Å². The maximum Gasteiger partial charge on any atom is 0.315 e. The Bertz CT molecular complexity index is 735. The molecule has 0 saturated heterocycles. The summed E-state index contributed by atoms with van der Waals surface area (Å²) in [6, 6.07) is 11.4. The minimum Gasteiger partial charge on any atom is -0.340 e. The van der Waals surface area contributed by atoms with E-state index in [0.717, 1.165) is 5.56 Å². The zero-order valence-corrected chi connectivity index (χ0v) is 13.8. The van der Waals surface area contributed by atoms with Crippen molar-refractivity contribution < 1.29 is 18.4 Å². The number of carbonyl (C=O) groups is 2. The Morgan fingerprint density at radius 1 is 1.00 bits per heavy atom. The van der Waals surface area contributed by atoms with Crippen LogP contribution in [0.15, 0.2) is 48.5 Å². The molecular formula is C18H19F2N3O2. The Morgan fingerprint density at radius 3 is 2.36 bits per heavy atom. The second-order valence-corrected chi connectivity index (χ2v) is 5.50. The molecule has 0 unspecified atom stereocenters. The highest BCUT2D eigenvalue weighted by atomic mass is 19.1. The fraction of sp³-hybridized carbons (Fsp3) is 0.222. The molecular weight excluding hydrogens is 328 g/mol. The molecule has 7 heteroatoms. The molecule has 0 aromatic heterocycles. The lowest BCUT2D eigenvalue weighted by Gasteiger charge is -2.18. The highest BCUT2D eigenvalue weighted by Gasteiger charge is 2.12. The first-order chi connectivity index (χ1) is 12.0. The summed E-state index contributed by atoms with van der Waals surface area (Å²) in [5, 5.41) is 5.00. The number of benzene rings is 2. The Kier molecular flexibility index (Phi) is 6.45. The summed E-state index contributed by atoms with van der Waals surface area (Å²) in [7, 11) is 1.53. The Morgan fingerprint density at radius 2 is 1.68 bits per heavy atom. The first kappa shape index (κ1) is 18.4. The smallest absolute Gasteiger partial charge is 0.315 e. The third-order valence-corrected chi connectivity index (χ3v) is 3.56. The molecule has 0 saturated carbocycles. The molecule has 0 spiro atoms. The number of hydrogen-bond acceptors (Lipinski definition) is 2. The average molecular weight is 347 g/mol. The maximum atomic E-state index is 13.6. The average Bonchev–Trinajstić information content (AvgIpc) is 2.61. The van der Waals surface area contributed by atoms with Crippen LogP contribution in [0, 0.1) is 11.6 Å². The van der Waals surface area contributed by atoms with Crippen LogP contribution in [0.5, 0.6) is 0 Å². The van der Waals surface area contributed by atoms with Gasteiger partial charge >= 0.3 is 6.03 Å². The van der Waals surface area contributed by atoms with Gasteiger partial charge in [-0.2, -0.15) is 0 Å². The molecule has 0 aliphatic heterocycles. The molecule has 2 aromatic rings. The normalized spacial score (nSPS) is 10.2. The summed E-state index contributed by atoms with van der Waals surface area (Å²) in [5.41, 5.74) is 1.14. The van der Waals surface area contributed by atoms with Crippen LogP contribution in [0.25, 0.3) is 0 Å². The zero-order chi connectivity index (χ0) is 18.2. The van der Waals surface area contributed by atoms with Crippen molar-refractivity contribution in [1.82, 2.24) is 15.5 Å². The molecule has 0 heterocycles. The van der Waals surface area contributed by atoms with Gasteiger partial charge in [0.25, 0.3) is 0 Å². The third-order valence-electron chi connectivity index (χ3n) is 3.56. The number of amides is 3. The summed E-state index contributed by atoms with van der Waals surface area (Å²) >= 11 is 0. The van der Waals surface area contributed by atoms with Gasteiger partial charge in [0.05, 0.1) is 6.54 Å². The van der Waals surface area contributed by atoms with Gasteiger partial charge in [-0.15, -0.1) is 0 Å². The first-order valence-electron chi connectivity index (χ1n) is 7.69. The van der Waals surface area contributed by atoms with Crippen molar-refractivity contribution >= 4 is 11.9 Å². The van der Waals surface area contributed by atoms with Crippen molar-refractivity contribution in [2.75, 3.05) is 13.6 Å². The second-order valence-electron chi connectivity index (χ2n) is 5.50. The molecule has 25 heavy (non-hydrogen) atoms. The number of likely N-dealkylation sites (N-methyl/N-ethyl adjacent to an activating group) is 1. The lowest BCUT2D eigenvalue weighted by Crippen LogP contribution is -2.42. The van der Waals surface area contributed by atoms with E-state index in [1.807, 2.05) is 0 Å². The Labute approximate surface area is 144 Å². The molecule has 2 N–H and O–H groups in total. The van der Waals surface area contributed by atoms with E-state index in [9.17, 15) is 18.4 Å². The van der Waals surface area contributed by atoms with E-state index in [2.05, 4.69) is 10.6 Å². The van der Waals surface area contributed by atoms with E-state index in [1.165, 1.54) is 30.1 Å². The quantitative estimate of drug-likeness (QED) is 0.843. The fourth-order valence-electron chi connectivity index (χ4n) is 2.11. The van der Waals surface area contributed by atoms with Gasteiger partial charge in [-0.05, 0) is 23.8 Å². The predicted molar refractivity (Wildman–Crippen MR) is 89.5 cm³/mol. The summed E-state index contributed by atoms with van der Waals surface area (Å²) in [4.78, 5) is 25.0. The molecule has 0 fully saturated rings. The van der Waals surface area contributed by atoms with Crippen LogP contribution >= 0.6 is 0 Å². The lowest BCUT2D eigenvalue weighted by molar-refractivity contribution is -0.129. The summed E-state index contributed by atoms with van der Waals surface area (Å²) < 4.78 is 26.4. The molecule has 2 aromatic carbocycles. The molecule has 3 amide bonds. The van der Waals surface area contributed by atoms with Crippen molar-refractivity contribution in [2.24, 2.45) is 0 Å². The van der Waals surface area contributed by atoms with Crippen LogP contribution in [0.1, 0.15) is 11.1 Å². The molecule has 0 bridgehead atoms. The number of hydrogen-bond donors (Lipinski definition) is 2. The van der Waals surface area contributed by atoms with Crippen molar-refractivity contribution in [3.8, 4) is 0 Å². The van der Waals surface area contributed by atoms with Crippen molar-refractivity contribution in [3.05, 3.63) is 71.3 Å². The maximum absolute atomic E-state index is 13.6. The van der Waals surface area contributed by atoms with Gasteiger partial charge in [0.15, 0.2) is 0 Å². The van der Waals surface area contributed by atoms with E-state index in [4.69, 9.17) is 0 Å². The topological polar surface area (TPSA) is 61.4 Å². The van der Waals surface area contributed by atoms with Gasteiger partial charge < -0.3 is 15.5 Å². The molecule has 0 aliphatic carbocycles. The van der Waals surface area contributed by atoms with Crippen LogP contribution < -0.4 is 10.6 Å². The Hall–Kier alpha value is -2.96. The SMILES string of the molecule is CN(Cc1ccccc1F)C(=O)CNC(=O)NCc1ccc(F)cc1. The molecule has 5 nitrogen and oxygen atoms in total. The fourth-order valence-corrected chi connectivity index (χ4v) is 2.11. The number of carbonyl (C=O) groups excluding carboxylic acids is 2. The van der Waals surface area contributed by atoms with Crippen LogP contribution in [-0.4, -0.2) is 30.4 Å². The van der Waals surface area contributed by atoms with E-state index < -0.39 is 6.03 Å².